The molecule has 2 aromatic heterocycles. The number of ether oxygens (including phenoxy) is 1. The zero-order chi connectivity index (χ0) is 18.0. The fourth-order valence-electron chi connectivity index (χ4n) is 2.55. The number of hydrogen-bond acceptors (Lipinski definition) is 5. The first-order valence-electron chi connectivity index (χ1n) is 8.13. The van der Waals surface area contributed by atoms with E-state index in [1.807, 2.05) is 50.3 Å². The molecule has 0 spiro atoms. The molecule has 0 saturated carbocycles. The summed E-state index contributed by atoms with van der Waals surface area (Å²) < 4.78 is 7.16. The highest BCUT2D eigenvalue weighted by Crippen LogP contribution is 2.25. The van der Waals surface area contributed by atoms with Crippen molar-refractivity contribution in [2.75, 3.05) is 0 Å². The Bertz CT molecular complexity index is 957. The SMILES string of the molecule is Cc1nc2cccc(C)n2c1N=Nc1cccc(C(=O)OC(C)C)c1. The standard InChI is InChI=1S/C19H20N4O2/c1-12(2)25-19(24)15-8-6-9-16(11-15)21-22-18-14(4)20-17-10-5-7-13(3)23(17)18/h5-12H,1-4H3. The van der Waals surface area contributed by atoms with Crippen LogP contribution in [0.2, 0.25) is 0 Å². The lowest BCUT2D eigenvalue weighted by molar-refractivity contribution is 0.0378. The number of carbonyl (C=O) groups is 1. The maximum Gasteiger partial charge on any atom is 0.338 e. The molecule has 6 heteroatoms. The van der Waals surface area contributed by atoms with Gasteiger partial charge < -0.3 is 4.74 Å². The Morgan fingerprint density at radius 3 is 2.64 bits per heavy atom. The van der Waals surface area contributed by atoms with Crippen molar-refractivity contribution >= 4 is 23.1 Å². The Labute approximate surface area is 146 Å². The molecule has 0 aliphatic carbocycles. The van der Waals surface area contributed by atoms with Crippen LogP contribution >= 0.6 is 0 Å². The van der Waals surface area contributed by atoms with Gasteiger partial charge >= 0.3 is 5.97 Å². The molecule has 0 bridgehead atoms. The number of hydrogen-bond donors (Lipinski definition) is 0. The van der Waals surface area contributed by atoms with E-state index in [1.54, 1.807) is 24.3 Å². The number of azo groups is 1. The topological polar surface area (TPSA) is 68.3 Å². The van der Waals surface area contributed by atoms with E-state index in [4.69, 9.17) is 4.74 Å². The molecule has 1 aromatic carbocycles. The van der Waals surface area contributed by atoms with E-state index >= 15 is 0 Å². The Morgan fingerprint density at radius 1 is 1.12 bits per heavy atom. The fraction of sp³-hybridized carbons (Fsp3) is 0.263. The summed E-state index contributed by atoms with van der Waals surface area (Å²) in [5, 5.41) is 8.64. The predicted octanol–water partition coefficient (Wildman–Crippen LogP) is 4.93. The van der Waals surface area contributed by atoms with Crippen LogP contribution in [0.1, 0.15) is 35.6 Å². The number of fused-ring (bicyclic) bond motifs is 1. The van der Waals surface area contributed by atoms with Gasteiger partial charge in [-0.2, -0.15) is 0 Å². The molecule has 6 nitrogen and oxygen atoms in total. The Kier molecular flexibility index (Phi) is 4.61. The highest BCUT2D eigenvalue weighted by atomic mass is 16.5. The number of rotatable bonds is 4. The third-order valence-corrected chi connectivity index (χ3v) is 3.67. The number of carbonyl (C=O) groups excluding carboxylic acids is 1. The maximum absolute atomic E-state index is 12.0. The summed E-state index contributed by atoms with van der Waals surface area (Å²) in [5.74, 6) is 0.317. The molecule has 3 aromatic rings. The van der Waals surface area contributed by atoms with Crippen LogP contribution in [0.25, 0.3) is 5.65 Å². The lowest BCUT2D eigenvalue weighted by atomic mass is 10.2. The van der Waals surface area contributed by atoms with Crippen molar-refractivity contribution in [3.05, 3.63) is 59.4 Å². The molecule has 0 amide bonds. The number of aryl methyl sites for hydroxylation is 2. The first-order valence-corrected chi connectivity index (χ1v) is 8.13. The molecule has 0 fully saturated rings. The van der Waals surface area contributed by atoms with Gasteiger partial charge in [0.05, 0.1) is 23.0 Å². The molecular weight excluding hydrogens is 316 g/mol. The third-order valence-electron chi connectivity index (χ3n) is 3.67. The number of nitrogens with zero attached hydrogens (tertiary/aromatic N) is 4. The molecule has 0 atom stereocenters. The van der Waals surface area contributed by atoms with E-state index in [9.17, 15) is 4.79 Å². The van der Waals surface area contributed by atoms with Crippen LogP contribution in [-0.4, -0.2) is 21.5 Å². The average molecular weight is 336 g/mol. The van der Waals surface area contributed by atoms with Crippen LogP contribution in [-0.2, 0) is 4.74 Å². The second kappa shape index (κ2) is 6.84. The summed E-state index contributed by atoms with van der Waals surface area (Å²) in [6, 6.07) is 12.8. The summed E-state index contributed by atoms with van der Waals surface area (Å²) in [4.78, 5) is 16.5. The highest BCUT2D eigenvalue weighted by molar-refractivity contribution is 5.90. The largest absolute Gasteiger partial charge is 0.459 e. The quantitative estimate of drug-likeness (QED) is 0.501. The van der Waals surface area contributed by atoms with Crippen molar-refractivity contribution in [1.82, 2.24) is 9.38 Å². The molecule has 0 unspecified atom stereocenters. The van der Waals surface area contributed by atoms with E-state index in [0.717, 1.165) is 17.0 Å². The fourth-order valence-corrected chi connectivity index (χ4v) is 2.55. The van der Waals surface area contributed by atoms with E-state index < -0.39 is 0 Å². The Morgan fingerprint density at radius 2 is 1.88 bits per heavy atom. The predicted molar refractivity (Wildman–Crippen MR) is 95.8 cm³/mol. The van der Waals surface area contributed by atoms with Gasteiger partial charge in [-0.25, -0.2) is 9.78 Å². The number of aromatic nitrogens is 2. The maximum atomic E-state index is 12.0. The van der Waals surface area contributed by atoms with Crippen molar-refractivity contribution in [3.63, 3.8) is 0 Å². The van der Waals surface area contributed by atoms with Gasteiger partial charge in [0.2, 0.25) is 0 Å². The molecule has 128 valence electrons. The first kappa shape index (κ1) is 16.8. The van der Waals surface area contributed by atoms with Gasteiger partial charge in [0.15, 0.2) is 5.82 Å². The smallest absolute Gasteiger partial charge is 0.338 e. The van der Waals surface area contributed by atoms with E-state index in [2.05, 4.69) is 15.2 Å². The molecule has 0 saturated heterocycles. The number of benzene rings is 1. The molecule has 25 heavy (non-hydrogen) atoms. The van der Waals surface area contributed by atoms with Gasteiger partial charge in [0, 0.05) is 5.69 Å². The Balaban J connectivity index is 1.93. The van der Waals surface area contributed by atoms with Crippen molar-refractivity contribution in [2.24, 2.45) is 10.2 Å². The summed E-state index contributed by atoms with van der Waals surface area (Å²) >= 11 is 0. The number of imidazole rings is 1. The van der Waals surface area contributed by atoms with Crippen LogP contribution in [0.4, 0.5) is 11.5 Å². The van der Waals surface area contributed by atoms with Gasteiger partial charge in [-0.3, -0.25) is 4.40 Å². The second-order valence-electron chi connectivity index (χ2n) is 6.09. The molecule has 2 heterocycles. The minimum absolute atomic E-state index is 0.165. The van der Waals surface area contributed by atoms with Gasteiger partial charge in [0.1, 0.15) is 5.65 Å². The minimum atomic E-state index is -0.367. The zero-order valence-electron chi connectivity index (χ0n) is 14.7. The van der Waals surface area contributed by atoms with Gasteiger partial charge in [-0.1, -0.05) is 12.1 Å². The zero-order valence-corrected chi connectivity index (χ0v) is 14.7. The number of esters is 1. The molecule has 0 N–H and O–H groups in total. The molecule has 0 aliphatic rings. The van der Waals surface area contributed by atoms with Gasteiger partial charge in [0.25, 0.3) is 0 Å². The van der Waals surface area contributed by atoms with Crippen LogP contribution in [0, 0.1) is 13.8 Å². The van der Waals surface area contributed by atoms with Gasteiger partial charge in [-0.15, -0.1) is 10.2 Å². The number of pyridine rings is 1. The Hall–Kier alpha value is -3.02. The second-order valence-corrected chi connectivity index (χ2v) is 6.09. The lowest BCUT2D eigenvalue weighted by Crippen LogP contribution is -2.11. The van der Waals surface area contributed by atoms with Crippen molar-refractivity contribution in [1.29, 1.82) is 0 Å². The molecular formula is C19H20N4O2. The van der Waals surface area contributed by atoms with Crippen LogP contribution in [0.15, 0.2) is 52.7 Å². The van der Waals surface area contributed by atoms with Crippen molar-refractivity contribution in [2.45, 2.75) is 33.8 Å². The van der Waals surface area contributed by atoms with Crippen LogP contribution in [0.5, 0.6) is 0 Å². The summed E-state index contributed by atoms with van der Waals surface area (Å²) in [6.45, 7) is 7.53. The first-order chi connectivity index (χ1) is 12.0. The summed E-state index contributed by atoms with van der Waals surface area (Å²) in [6.07, 6.45) is -0.165. The summed E-state index contributed by atoms with van der Waals surface area (Å²) in [7, 11) is 0. The highest BCUT2D eigenvalue weighted by Gasteiger charge is 2.11. The molecule has 0 radical (unpaired) electrons. The van der Waals surface area contributed by atoms with Crippen LogP contribution in [0.3, 0.4) is 0 Å². The lowest BCUT2D eigenvalue weighted by Gasteiger charge is -2.07. The monoisotopic (exact) mass is 336 g/mol. The van der Waals surface area contributed by atoms with E-state index in [-0.39, 0.29) is 12.1 Å². The third kappa shape index (κ3) is 3.57. The van der Waals surface area contributed by atoms with E-state index in [1.165, 1.54) is 0 Å². The normalized spacial score (nSPS) is 11.6. The average Bonchev–Trinajstić information content (AvgIpc) is 2.89. The molecule has 0 aliphatic heterocycles. The summed E-state index contributed by atoms with van der Waals surface area (Å²) in [5.41, 5.74) is 3.70. The van der Waals surface area contributed by atoms with E-state index in [0.29, 0.717) is 17.1 Å². The van der Waals surface area contributed by atoms with Gasteiger partial charge in [-0.05, 0) is 58.0 Å². The van der Waals surface area contributed by atoms with Crippen LogP contribution < -0.4 is 0 Å². The molecule has 3 rings (SSSR count). The van der Waals surface area contributed by atoms with Crippen molar-refractivity contribution in [3.8, 4) is 0 Å². The van der Waals surface area contributed by atoms with Crippen molar-refractivity contribution < 1.29 is 9.53 Å². The minimum Gasteiger partial charge on any atom is -0.459 e.